The van der Waals surface area contributed by atoms with Crippen LogP contribution in [0.15, 0.2) is 97.1 Å². The molecule has 268 valence electrons. The first kappa shape index (κ1) is 38.6. The average molecular weight is 691 g/mol. The Morgan fingerprint density at radius 3 is 1.62 bits per heavy atom. The van der Waals surface area contributed by atoms with Crippen molar-refractivity contribution >= 4 is 11.9 Å². The van der Waals surface area contributed by atoms with Gasteiger partial charge in [0.25, 0.3) is 0 Å². The SMILES string of the molecule is C=C(CO)C(=O)OCC(COC(=O)C(=C)CO)C1CCC(OC(F)(F)c2ccc(-c3ccc(-c4ccc(CCCCC)cc4)cc3)cc2)CC1. The number of alkyl halides is 2. The van der Waals surface area contributed by atoms with Gasteiger partial charge in [-0.15, -0.1) is 0 Å². The van der Waals surface area contributed by atoms with E-state index in [9.17, 15) is 9.59 Å². The number of hydrogen-bond donors (Lipinski definition) is 2. The predicted molar refractivity (Wildman–Crippen MR) is 189 cm³/mol. The van der Waals surface area contributed by atoms with Crippen molar-refractivity contribution in [2.45, 2.75) is 70.5 Å². The molecule has 50 heavy (non-hydrogen) atoms. The molecule has 3 aromatic rings. The van der Waals surface area contributed by atoms with E-state index in [2.05, 4.69) is 44.3 Å². The van der Waals surface area contributed by atoms with Gasteiger partial charge >= 0.3 is 18.0 Å². The molecule has 0 heterocycles. The van der Waals surface area contributed by atoms with Gasteiger partial charge in [0.2, 0.25) is 0 Å². The minimum Gasteiger partial charge on any atom is -0.462 e. The van der Waals surface area contributed by atoms with Crippen LogP contribution in [0.4, 0.5) is 8.78 Å². The number of aliphatic hydroxyl groups excluding tert-OH is 2. The first-order valence-electron chi connectivity index (χ1n) is 17.3. The number of carbonyl (C=O) groups is 2. The summed E-state index contributed by atoms with van der Waals surface area (Å²) in [5.41, 5.74) is 4.84. The molecule has 2 N–H and O–H groups in total. The second-order valence-corrected chi connectivity index (χ2v) is 13.0. The Morgan fingerprint density at radius 2 is 1.18 bits per heavy atom. The van der Waals surface area contributed by atoms with E-state index in [0.717, 1.165) is 28.7 Å². The van der Waals surface area contributed by atoms with E-state index < -0.39 is 43.3 Å². The summed E-state index contributed by atoms with van der Waals surface area (Å²) in [4.78, 5) is 24.1. The maximum absolute atomic E-state index is 15.3. The van der Waals surface area contributed by atoms with Gasteiger partial charge in [-0.2, -0.15) is 8.78 Å². The fraction of sp³-hybridized carbons (Fsp3) is 0.415. The molecule has 0 aromatic heterocycles. The van der Waals surface area contributed by atoms with Crippen LogP contribution >= 0.6 is 0 Å². The predicted octanol–water partition coefficient (Wildman–Crippen LogP) is 8.18. The number of unbranched alkanes of at least 4 members (excludes halogenated alkanes) is 2. The molecule has 0 spiro atoms. The van der Waals surface area contributed by atoms with Crippen molar-refractivity contribution in [1.82, 2.24) is 0 Å². The van der Waals surface area contributed by atoms with Crippen molar-refractivity contribution in [2.75, 3.05) is 26.4 Å². The zero-order valence-corrected chi connectivity index (χ0v) is 28.8. The van der Waals surface area contributed by atoms with Crippen LogP contribution in [0.5, 0.6) is 0 Å². The molecule has 1 aliphatic rings. The zero-order valence-electron chi connectivity index (χ0n) is 28.8. The van der Waals surface area contributed by atoms with E-state index >= 15 is 8.78 Å². The standard InChI is InChI=1S/C41H48F2O7/c1-4-5-6-7-30-8-10-31(11-9-30)32-12-14-33(15-13-32)34-16-20-37(21-17-34)41(42,43)50-38-22-18-35(19-23-38)36(26-48-39(46)28(2)24-44)27-49-40(47)29(3)25-45/h8-17,20-21,35-36,38,44-45H,2-7,18-19,22-27H2,1H3. The van der Waals surface area contributed by atoms with Gasteiger partial charge in [-0.1, -0.05) is 93.6 Å². The molecule has 3 aromatic carbocycles. The first-order valence-corrected chi connectivity index (χ1v) is 17.3. The molecule has 1 saturated carbocycles. The normalized spacial score (nSPS) is 16.2. The largest absolute Gasteiger partial charge is 0.462 e. The molecule has 9 heteroatoms. The molecule has 0 aliphatic heterocycles. The number of hydrogen-bond acceptors (Lipinski definition) is 7. The maximum Gasteiger partial charge on any atom is 0.383 e. The van der Waals surface area contributed by atoms with E-state index in [0.29, 0.717) is 25.7 Å². The summed E-state index contributed by atoms with van der Waals surface area (Å²) in [6.45, 7) is 7.74. The van der Waals surface area contributed by atoms with Crippen molar-refractivity contribution in [3.63, 3.8) is 0 Å². The summed E-state index contributed by atoms with van der Waals surface area (Å²) in [6, 6.07) is 22.8. The number of benzene rings is 3. The number of halogens is 2. The number of aliphatic hydroxyl groups is 2. The third kappa shape index (κ3) is 10.9. The number of ether oxygens (including phenoxy) is 3. The zero-order chi connectivity index (χ0) is 36.1. The van der Waals surface area contributed by atoms with Gasteiger partial charge in [0.1, 0.15) is 0 Å². The van der Waals surface area contributed by atoms with Gasteiger partial charge in [0.15, 0.2) is 0 Å². The summed E-state index contributed by atoms with van der Waals surface area (Å²) in [6.07, 6.45) is 2.13. The van der Waals surface area contributed by atoms with Gasteiger partial charge in [0, 0.05) is 5.92 Å². The minimum atomic E-state index is -3.50. The van der Waals surface area contributed by atoms with Crippen molar-refractivity contribution < 1.29 is 42.8 Å². The van der Waals surface area contributed by atoms with Gasteiger partial charge < -0.3 is 24.4 Å². The highest BCUT2D eigenvalue weighted by atomic mass is 19.3. The summed E-state index contributed by atoms with van der Waals surface area (Å²) in [5, 5.41) is 18.3. The summed E-state index contributed by atoms with van der Waals surface area (Å²) < 4.78 is 46.5. The Morgan fingerprint density at radius 1 is 0.740 bits per heavy atom. The van der Waals surface area contributed by atoms with E-state index in [4.69, 9.17) is 24.4 Å². The van der Waals surface area contributed by atoms with Gasteiger partial charge in [-0.05, 0) is 84.4 Å². The molecule has 0 radical (unpaired) electrons. The summed E-state index contributed by atoms with van der Waals surface area (Å²) >= 11 is 0. The van der Waals surface area contributed by atoms with Crippen LogP contribution < -0.4 is 0 Å². The van der Waals surface area contributed by atoms with Crippen LogP contribution in [0.3, 0.4) is 0 Å². The van der Waals surface area contributed by atoms with Crippen molar-refractivity contribution in [2.24, 2.45) is 11.8 Å². The highest BCUT2D eigenvalue weighted by molar-refractivity contribution is 5.88. The van der Waals surface area contributed by atoms with E-state index in [-0.39, 0.29) is 35.8 Å². The van der Waals surface area contributed by atoms with Crippen molar-refractivity contribution in [1.29, 1.82) is 0 Å². The summed E-state index contributed by atoms with van der Waals surface area (Å²) in [7, 11) is 0. The third-order valence-corrected chi connectivity index (χ3v) is 9.31. The lowest BCUT2D eigenvalue weighted by Crippen LogP contribution is -2.35. The van der Waals surface area contributed by atoms with E-state index in [1.165, 1.54) is 37.0 Å². The lowest BCUT2D eigenvalue weighted by molar-refractivity contribution is -0.278. The Bertz CT molecular complexity index is 1530. The van der Waals surface area contributed by atoms with Gasteiger partial charge in [-0.3, -0.25) is 0 Å². The quantitative estimate of drug-likeness (QED) is 0.0789. The molecule has 0 saturated heterocycles. The minimum absolute atomic E-state index is 0.116. The van der Waals surface area contributed by atoms with E-state index in [1.54, 1.807) is 12.1 Å². The fourth-order valence-corrected chi connectivity index (χ4v) is 6.13. The number of rotatable bonds is 18. The maximum atomic E-state index is 15.3. The summed E-state index contributed by atoms with van der Waals surface area (Å²) in [5.74, 6) is -2.11. The molecule has 1 aliphatic carbocycles. The molecule has 0 atom stereocenters. The van der Waals surface area contributed by atoms with Crippen LogP contribution in [-0.2, 0) is 36.3 Å². The number of esters is 2. The average Bonchev–Trinajstić information content (AvgIpc) is 3.14. The number of aryl methyl sites for hydroxylation is 1. The van der Waals surface area contributed by atoms with Crippen LogP contribution in [0, 0.1) is 11.8 Å². The molecule has 0 amide bonds. The molecule has 4 rings (SSSR count). The lowest BCUT2D eigenvalue weighted by Gasteiger charge is -2.34. The molecular weight excluding hydrogens is 642 g/mol. The molecule has 1 fully saturated rings. The topological polar surface area (TPSA) is 102 Å². The lowest BCUT2D eigenvalue weighted by atomic mass is 9.79. The first-order chi connectivity index (χ1) is 24.0. The Balaban J connectivity index is 1.32. The van der Waals surface area contributed by atoms with Crippen molar-refractivity contribution in [3.05, 3.63) is 108 Å². The molecule has 0 bridgehead atoms. The van der Waals surface area contributed by atoms with Crippen LogP contribution in [-0.4, -0.2) is 54.7 Å². The molecular formula is C41H48F2O7. The highest BCUT2D eigenvalue weighted by Crippen LogP contribution is 2.39. The fourth-order valence-electron chi connectivity index (χ4n) is 6.13. The van der Waals surface area contributed by atoms with Crippen molar-refractivity contribution in [3.8, 4) is 22.3 Å². The third-order valence-electron chi connectivity index (χ3n) is 9.31. The van der Waals surface area contributed by atoms with Crippen LogP contribution in [0.2, 0.25) is 0 Å². The second kappa shape index (κ2) is 18.7. The van der Waals surface area contributed by atoms with E-state index in [1.807, 2.05) is 24.3 Å². The Hall–Kier alpha value is -4.18. The van der Waals surface area contributed by atoms with Gasteiger partial charge in [0.05, 0.1) is 49.2 Å². The monoisotopic (exact) mass is 690 g/mol. The molecule has 7 nitrogen and oxygen atoms in total. The Kier molecular flexibility index (Phi) is 14.5. The smallest absolute Gasteiger partial charge is 0.383 e. The van der Waals surface area contributed by atoms with Crippen LogP contribution in [0.1, 0.15) is 63.0 Å². The molecule has 0 unspecified atom stereocenters. The number of carbonyl (C=O) groups excluding carboxylic acids is 2. The van der Waals surface area contributed by atoms with Gasteiger partial charge in [-0.25, -0.2) is 9.59 Å². The van der Waals surface area contributed by atoms with Crippen LogP contribution in [0.25, 0.3) is 22.3 Å². The second-order valence-electron chi connectivity index (χ2n) is 13.0. The Labute approximate surface area is 293 Å². The highest BCUT2D eigenvalue weighted by Gasteiger charge is 2.39.